The van der Waals surface area contributed by atoms with Gasteiger partial charge in [-0.3, -0.25) is 5.41 Å². The lowest BCUT2D eigenvalue weighted by atomic mass is 10.7. The molecule has 0 aromatic carbocycles. The number of nitrogens with two attached hydrogens (primary N) is 2. The Morgan fingerprint density at radius 3 is 2.08 bits per heavy atom. The summed E-state index contributed by atoms with van der Waals surface area (Å²) in [6.07, 6.45) is 0. The Balaban J connectivity index is 4.13. The van der Waals surface area contributed by atoms with E-state index >= 15 is 0 Å². The van der Waals surface area contributed by atoms with Gasteiger partial charge in [0.25, 0.3) is 12.0 Å². The number of esters is 2. The van der Waals surface area contributed by atoms with Crippen molar-refractivity contribution >= 4 is 24.0 Å². The van der Waals surface area contributed by atoms with Gasteiger partial charge in [0, 0.05) is 7.05 Å². The molecule has 0 spiro atoms. The smallest absolute Gasteiger partial charge is 0.385 e. The van der Waals surface area contributed by atoms with Crippen LogP contribution in [0.15, 0.2) is 4.99 Å². The van der Waals surface area contributed by atoms with E-state index in [4.69, 9.17) is 11.1 Å². The first-order valence-corrected chi connectivity index (χ1v) is 2.97. The van der Waals surface area contributed by atoms with E-state index in [1.54, 1.807) is 0 Å². The molecule has 0 amide bonds. The molecule has 0 aromatic rings. The molecule has 0 saturated carbocycles. The first-order valence-electron chi connectivity index (χ1n) is 2.97. The van der Waals surface area contributed by atoms with E-state index in [0.29, 0.717) is 0 Å². The Morgan fingerprint density at radius 1 is 1.23 bits per heavy atom. The summed E-state index contributed by atoms with van der Waals surface area (Å²) in [4.78, 5) is 24.5. The van der Waals surface area contributed by atoms with E-state index < -0.39 is 24.0 Å². The van der Waals surface area contributed by atoms with Crippen molar-refractivity contribution < 1.29 is 19.1 Å². The van der Waals surface area contributed by atoms with Crippen LogP contribution in [0.3, 0.4) is 0 Å². The van der Waals surface area contributed by atoms with E-state index in [2.05, 4.69) is 20.2 Å². The van der Waals surface area contributed by atoms with Gasteiger partial charge in [-0.15, -0.1) is 0 Å². The number of nitrogens with zero attached hydrogens (tertiary/aromatic N) is 1. The van der Waals surface area contributed by atoms with Crippen LogP contribution in [0.1, 0.15) is 0 Å². The molecule has 0 saturated heterocycles. The van der Waals surface area contributed by atoms with Crippen LogP contribution in [0, 0.1) is 5.41 Å². The summed E-state index contributed by atoms with van der Waals surface area (Å²) >= 11 is 0. The molecule has 0 aromatic heterocycles. The van der Waals surface area contributed by atoms with Gasteiger partial charge < -0.3 is 20.9 Å². The van der Waals surface area contributed by atoms with Crippen LogP contribution in [0.25, 0.3) is 0 Å². The Kier molecular flexibility index (Phi) is 3.93. The Labute approximate surface area is 73.0 Å². The molecule has 8 heteroatoms. The summed E-state index contributed by atoms with van der Waals surface area (Å²) in [5, 5.41) is 6.51. The number of ether oxygens (including phenoxy) is 2. The van der Waals surface area contributed by atoms with Crippen LogP contribution in [0.2, 0.25) is 0 Å². The van der Waals surface area contributed by atoms with Crippen molar-refractivity contribution in [3.63, 3.8) is 0 Å². The standard InChI is InChI=1S/C5H8N4O4/c1-9-5(8)13-3(11)2(10)12-4(6)7/h1H3,(H3,6,7)(H2,8,9). The highest BCUT2D eigenvalue weighted by Gasteiger charge is 2.19. The van der Waals surface area contributed by atoms with Gasteiger partial charge in [-0.25, -0.2) is 14.6 Å². The molecule has 0 unspecified atom stereocenters. The third-order valence-corrected chi connectivity index (χ3v) is 0.787. The van der Waals surface area contributed by atoms with Crippen molar-refractivity contribution in [3.05, 3.63) is 0 Å². The number of hydrogen-bond acceptors (Lipinski definition) is 6. The van der Waals surface area contributed by atoms with E-state index in [9.17, 15) is 9.59 Å². The first-order chi connectivity index (χ1) is 5.97. The second-order valence-corrected chi connectivity index (χ2v) is 1.71. The van der Waals surface area contributed by atoms with Crippen LogP contribution in [0.4, 0.5) is 0 Å². The minimum atomic E-state index is -1.43. The van der Waals surface area contributed by atoms with E-state index in [1.807, 2.05) is 0 Å². The predicted octanol–water partition coefficient (Wildman–Crippen LogP) is -2.09. The molecule has 0 bridgehead atoms. The van der Waals surface area contributed by atoms with Crippen molar-refractivity contribution in [1.82, 2.24) is 0 Å². The molecule has 13 heavy (non-hydrogen) atoms. The number of hydrogen-bond donors (Lipinski definition) is 3. The normalized spacial score (nSPS) is 10.4. The highest BCUT2D eigenvalue weighted by molar-refractivity contribution is 6.33. The molecule has 0 aliphatic heterocycles. The van der Waals surface area contributed by atoms with Crippen LogP contribution in [-0.4, -0.2) is 31.0 Å². The SMILES string of the molecule is CN=C(N)OC(=O)C(=O)OC(=N)N. The summed E-state index contributed by atoms with van der Waals surface area (Å²) in [6, 6.07) is -1.39. The lowest BCUT2D eigenvalue weighted by Gasteiger charge is -2.00. The molecule has 0 rings (SSSR count). The third-order valence-electron chi connectivity index (χ3n) is 0.787. The Morgan fingerprint density at radius 2 is 1.69 bits per heavy atom. The largest absolute Gasteiger partial charge is 0.425 e. The maximum absolute atomic E-state index is 10.6. The topological polar surface area (TPSA) is 141 Å². The van der Waals surface area contributed by atoms with Crippen LogP contribution in [-0.2, 0) is 19.1 Å². The highest BCUT2D eigenvalue weighted by Crippen LogP contribution is 1.83. The van der Waals surface area contributed by atoms with Gasteiger partial charge in [0.05, 0.1) is 0 Å². The molecule has 0 heterocycles. The Hall–Kier alpha value is -2.12. The minimum absolute atomic E-state index is 0.481. The number of nitrogens with one attached hydrogen (secondary N) is 1. The zero-order valence-electron chi connectivity index (χ0n) is 6.73. The molecular formula is C5H8N4O4. The van der Waals surface area contributed by atoms with E-state index in [1.165, 1.54) is 7.05 Å². The lowest BCUT2D eigenvalue weighted by molar-refractivity contribution is -0.157. The van der Waals surface area contributed by atoms with Crippen molar-refractivity contribution in [2.45, 2.75) is 0 Å². The zero-order chi connectivity index (χ0) is 10.4. The lowest BCUT2D eigenvalue weighted by Crippen LogP contribution is -2.30. The third kappa shape index (κ3) is 4.35. The number of aliphatic imine (C=N–C) groups is 1. The average molecular weight is 188 g/mol. The van der Waals surface area contributed by atoms with Gasteiger partial charge >= 0.3 is 11.9 Å². The zero-order valence-corrected chi connectivity index (χ0v) is 6.73. The van der Waals surface area contributed by atoms with Gasteiger partial charge in [0.1, 0.15) is 0 Å². The average Bonchev–Trinajstić information content (AvgIpc) is 2.02. The number of carbonyl (C=O) groups is 2. The highest BCUT2D eigenvalue weighted by atomic mass is 16.6. The fourth-order valence-corrected chi connectivity index (χ4v) is 0.324. The summed E-state index contributed by atoms with van der Waals surface area (Å²) < 4.78 is 8.02. The van der Waals surface area contributed by atoms with Crippen molar-refractivity contribution in [3.8, 4) is 0 Å². The van der Waals surface area contributed by atoms with Gasteiger partial charge in [-0.1, -0.05) is 0 Å². The quantitative estimate of drug-likeness (QED) is 0.172. The van der Waals surface area contributed by atoms with Crippen molar-refractivity contribution in [1.29, 1.82) is 5.41 Å². The summed E-state index contributed by atoms with van der Waals surface area (Å²) in [6.45, 7) is 0. The molecule has 0 fully saturated rings. The molecule has 0 aliphatic rings. The number of amidine groups is 2. The van der Waals surface area contributed by atoms with Gasteiger partial charge in [0.15, 0.2) is 0 Å². The molecule has 72 valence electrons. The number of rotatable bonds is 0. The fourth-order valence-electron chi connectivity index (χ4n) is 0.324. The molecule has 0 aliphatic carbocycles. The molecular weight excluding hydrogens is 180 g/mol. The van der Waals surface area contributed by atoms with Gasteiger partial charge in [-0.2, -0.15) is 0 Å². The van der Waals surface area contributed by atoms with E-state index in [0.717, 1.165) is 0 Å². The second kappa shape index (κ2) is 4.70. The monoisotopic (exact) mass is 188 g/mol. The van der Waals surface area contributed by atoms with Crippen LogP contribution >= 0.6 is 0 Å². The summed E-state index contributed by atoms with van der Waals surface area (Å²) in [5.41, 5.74) is 9.62. The minimum Gasteiger partial charge on any atom is -0.385 e. The van der Waals surface area contributed by atoms with E-state index in [-0.39, 0.29) is 0 Å². The first kappa shape index (κ1) is 10.9. The maximum Gasteiger partial charge on any atom is 0.425 e. The molecule has 0 atom stereocenters. The van der Waals surface area contributed by atoms with Crippen LogP contribution in [0.5, 0.6) is 0 Å². The van der Waals surface area contributed by atoms with Crippen molar-refractivity contribution in [2.24, 2.45) is 16.5 Å². The van der Waals surface area contributed by atoms with Crippen LogP contribution < -0.4 is 11.5 Å². The summed E-state index contributed by atoms with van der Waals surface area (Å²) in [5.74, 6) is -2.82. The molecule has 5 N–H and O–H groups in total. The predicted molar refractivity (Wildman–Crippen MR) is 41.6 cm³/mol. The van der Waals surface area contributed by atoms with Crippen molar-refractivity contribution in [2.75, 3.05) is 7.05 Å². The second-order valence-electron chi connectivity index (χ2n) is 1.71. The fraction of sp³-hybridized carbons (Fsp3) is 0.200. The van der Waals surface area contributed by atoms with Gasteiger partial charge in [-0.05, 0) is 0 Å². The molecule has 8 nitrogen and oxygen atoms in total. The Bertz CT molecular complexity index is 272. The summed E-state index contributed by atoms with van der Waals surface area (Å²) in [7, 11) is 1.26. The van der Waals surface area contributed by atoms with Gasteiger partial charge in [0.2, 0.25) is 0 Å². The molecule has 0 radical (unpaired) electrons. The number of carbonyl (C=O) groups excluding carboxylic acids is 2. The maximum atomic E-state index is 10.6.